The van der Waals surface area contributed by atoms with Crippen LogP contribution in [0.1, 0.15) is 47.4 Å². The van der Waals surface area contributed by atoms with Crippen molar-refractivity contribution in [3.8, 4) is 0 Å². The Kier molecular flexibility index (Phi) is 9.55. The molecule has 1 amide bonds. The Morgan fingerprint density at radius 1 is 1.08 bits per heavy atom. The van der Waals surface area contributed by atoms with Gasteiger partial charge in [0.15, 0.2) is 4.80 Å². The first kappa shape index (κ1) is 27.7. The number of unbranched alkanes of at least 4 members (excludes halogenated alkanes) is 1. The molecule has 0 aliphatic rings. The number of amides is 1. The molecule has 0 radical (unpaired) electrons. The number of esters is 1. The third kappa shape index (κ3) is 6.28. The molecule has 194 valence electrons. The summed E-state index contributed by atoms with van der Waals surface area (Å²) in [6.45, 7) is 5.32. The zero-order chi connectivity index (χ0) is 26.3. The number of sulfonamides is 1. The van der Waals surface area contributed by atoms with Crippen molar-refractivity contribution in [1.29, 1.82) is 0 Å². The second kappa shape index (κ2) is 12.4. The van der Waals surface area contributed by atoms with Crippen LogP contribution in [0.25, 0.3) is 10.2 Å². The SMILES string of the molecule is CCCCN(C)S(=O)(=O)c1ccc(C(=O)N=c2sc3cc(C(=O)OCC)ccc3n2CCOC)cc1. The molecular formula is C25H31N3O6S2. The minimum atomic E-state index is -3.62. The van der Waals surface area contributed by atoms with Gasteiger partial charge in [-0.05, 0) is 55.8 Å². The molecule has 9 nitrogen and oxygen atoms in total. The first-order chi connectivity index (χ1) is 17.2. The number of aromatic nitrogens is 1. The number of nitrogens with zero attached hydrogens (tertiary/aromatic N) is 3. The van der Waals surface area contributed by atoms with Crippen molar-refractivity contribution in [3.05, 3.63) is 58.4 Å². The fraction of sp³-hybridized carbons (Fsp3) is 0.400. The van der Waals surface area contributed by atoms with E-state index in [2.05, 4.69) is 4.99 Å². The summed E-state index contributed by atoms with van der Waals surface area (Å²) in [7, 11) is -0.487. The van der Waals surface area contributed by atoms with Crippen LogP contribution >= 0.6 is 11.3 Å². The lowest BCUT2D eigenvalue weighted by atomic mass is 10.2. The number of fused-ring (bicyclic) bond motifs is 1. The fourth-order valence-corrected chi connectivity index (χ4v) is 5.80. The average molecular weight is 534 g/mol. The Bertz CT molecular complexity index is 1390. The lowest BCUT2D eigenvalue weighted by Crippen LogP contribution is -2.27. The standard InChI is InChI=1S/C25H31N3O6S2/c1-5-7-14-27(3)36(31,32)20-11-8-18(9-12-20)23(29)26-25-28(15-16-33-4)21-13-10-19(17-22(21)35-25)24(30)34-6-2/h8-13,17H,5-7,14-16H2,1-4H3. The molecule has 3 rings (SSSR count). The van der Waals surface area contributed by atoms with E-state index in [1.54, 1.807) is 39.3 Å². The van der Waals surface area contributed by atoms with Gasteiger partial charge >= 0.3 is 5.97 Å². The molecule has 0 spiro atoms. The minimum absolute atomic E-state index is 0.126. The number of carbonyl (C=O) groups excluding carboxylic acids is 2. The molecule has 1 heterocycles. The largest absolute Gasteiger partial charge is 0.462 e. The summed E-state index contributed by atoms with van der Waals surface area (Å²) >= 11 is 1.28. The van der Waals surface area contributed by atoms with Gasteiger partial charge in [0.25, 0.3) is 5.91 Å². The van der Waals surface area contributed by atoms with E-state index in [4.69, 9.17) is 9.47 Å². The molecular weight excluding hydrogens is 502 g/mol. The second-order valence-corrected chi connectivity index (χ2v) is 11.1. The maximum atomic E-state index is 13.0. The molecule has 0 aliphatic heterocycles. The van der Waals surface area contributed by atoms with Crippen molar-refractivity contribution in [2.24, 2.45) is 4.99 Å². The molecule has 0 atom stereocenters. The van der Waals surface area contributed by atoms with E-state index in [1.165, 1.54) is 39.9 Å². The second-order valence-electron chi connectivity index (χ2n) is 8.05. The highest BCUT2D eigenvalue weighted by atomic mass is 32.2. The summed E-state index contributed by atoms with van der Waals surface area (Å²) in [6.07, 6.45) is 1.66. The summed E-state index contributed by atoms with van der Waals surface area (Å²) in [5.41, 5.74) is 1.50. The van der Waals surface area contributed by atoms with Crippen LogP contribution < -0.4 is 4.80 Å². The highest BCUT2D eigenvalue weighted by Crippen LogP contribution is 2.21. The van der Waals surface area contributed by atoms with Crippen LogP contribution in [0.15, 0.2) is 52.4 Å². The topological polar surface area (TPSA) is 107 Å². The van der Waals surface area contributed by atoms with Gasteiger partial charge in [0, 0.05) is 32.8 Å². The van der Waals surface area contributed by atoms with Gasteiger partial charge in [-0.1, -0.05) is 24.7 Å². The third-order valence-corrected chi connectivity index (χ3v) is 8.46. The number of carbonyl (C=O) groups is 2. The molecule has 0 aliphatic carbocycles. The van der Waals surface area contributed by atoms with Gasteiger partial charge in [0.05, 0.1) is 33.9 Å². The van der Waals surface area contributed by atoms with Crippen LogP contribution in [-0.4, -0.2) is 63.1 Å². The first-order valence-corrected chi connectivity index (χ1v) is 13.9. The number of thiazole rings is 1. The van der Waals surface area contributed by atoms with Crippen molar-refractivity contribution in [1.82, 2.24) is 8.87 Å². The summed E-state index contributed by atoms with van der Waals surface area (Å²) in [6, 6.07) is 11.0. The van der Waals surface area contributed by atoms with Crippen LogP contribution in [0.3, 0.4) is 0 Å². The Morgan fingerprint density at radius 3 is 2.42 bits per heavy atom. The van der Waals surface area contributed by atoms with Crippen LogP contribution in [0, 0.1) is 0 Å². The van der Waals surface area contributed by atoms with E-state index in [-0.39, 0.29) is 17.1 Å². The Labute approximate surface area is 215 Å². The highest BCUT2D eigenvalue weighted by Gasteiger charge is 2.20. The number of rotatable bonds is 11. The molecule has 2 aromatic carbocycles. The molecule has 0 bridgehead atoms. The molecule has 11 heteroatoms. The van der Waals surface area contributed by atoms with E-state index >= 15 is 0 Å². The van der Waals surface area contributed by atoms with E-state index in [0.29, 0.717) is 30.1 Å². The van der Waals surface area contributed by atoms with Gasteiger partial charge in [0.1, 0.15) is 0 Å². The van der Waals surface area contributed by atoms with Crippen molar-refractivity contribution in [3.63, 3.8) is 0 Å². The zero-order valence-corrected chi connectivity index (χ0v) is 22.5. The molecule has 0 N–H and O–H groups in total. The smallest absolute Gasteiger partial charge is 0.338 e. The van der Waals surface area contributed by atoms with Gasteiger partial charge in [0.2, 0.25) is 10.0 Å². The molecule has 3 aromatic rings. The fourth-order valence-electron chi connectivity index (χ4n) is 3.50. The third-order valence-electron chi connectivity index (χ3n) is 5.55. The van der Waals surface area contributed by atoms with Crippen molar-refractivity contribution in [2.45, 2.75) is 38.1 Å². The normalized spacial score (nSPS) is 12.4. The molecule has 0 saturated carbocycles. The number of benzene rings is 2. The number of ether oxygens (including phenoxy) is 2. The molecule has 36 heavy (non-hydrogen) atoms. The molecule has 0 saturated heterocycles. The summed E-state index contributed by atoms with van der Waals surface area (Å²) in [5, 5.41) is 0. The summed E-state index contributed by atoms with van der Waals surface area (Å²) in [5.74, 6) is -0.914. The van der Waals surface area contributed by atoms with Crippen LogP contribution in [0.5, 0.6) is 0 Å². The average Bonchev–Trinajstić information content (AvgIpc) is 3.21. The van der Waals surface area contributed by atoms with Crippen LogP contribution in [0.4, 0.5) is 0 Å². The number of methoxy groups -OCH3 is 1. The predicted octanol–water partition coefficient (Wildman–Crippen LogP) is 3.69. The number of hydrogen-bond donors (Lipinski definition) is 0. The van der Waals surface area contributed by atoms with Gasteiger partial charge in [-0.2, -0.15) is 4.99 Å². The van der Waals surface area contributed by atoms with Crippen molar-refractivity contribution >= 4 is 43.5 Å². The molecule has 1 aromatic heterocycles. The Morgan fingerprint density at radius 2 is 1.78 bits per heavy atom. The Balaban J connectivity index is 1.95. The van der Waals surface area contributed by atoms with E-state index in [1.807, 2.05) is 11.5 Å². The first-order valence-electron chi connectivity index (χ1n) is 11.7. The van der Waals surface area contributed by atoms with E-state index < -0.39 is 21.9 Å². The predicted molar refractivity (Wildman–Crippen MR) is 139 cm³/mol. The van der Waals surface area contributed by atoms with E-state index in [0.717, 1.165) is 23.1 Å². The lowest BCUT2D eigenvalue weighted by Gasteiger charge is -2.16. The van der Waals surface area contributed by atoms with Gasteiger partial charge < -0.3 is 14.0 Å². The quantitative estimate of drug-likeness (QED) is 0.348. The monoisotopic (exact) mass is 533 g/mol. The summed E-state index contributed by atoms with van der Waals surface area (Å²) in [4.78, 5) is 30.0. The maximum absolute atomic E-state index is 13.0. The van der Waals surface area contributed by atoms with Gasteiger partial charge in [-0.15, -0.1) is 0 Å². The van der Waals surface area contributed by atoms with Gasteiger partial charge in [-0.25, -0.2) is 17.5 Å². The van der Waals surface area contributed by atoms with E-state index in [9.17, 15) is 18.0 Å². The number of hydrogen-bond acceptors (Lipinski definition) is 7. The van der Waals surface area contributed by atoms with Crippen LogP contribution in [-0.2, 0) is 26.0 Å². The molecule has 0 fully saturated rings. The lowest BCUT2D eigenvalue weighted by molar-refractivity contribution is 0.0526. The molecule has 0 unspecified atom stereocenters. The van der Waals surface area contributed by atoms with Gasteiger partial charge in [-0.3, -0.25) is 4.79 Å². The van der Waals surface area contributed by atoms with Crippen molar-refractivity contribution in [2.75, 3.05) is 33.9 Å². The highest BCUT2D eigenvalue weighted by molar-refractivity contribution is 7.89. The minimum Gasteiger partial charge on any atom is -0.462 e. The zero-order valence-electron chi connectivity index (χ0n) is 20.9. The van der Waals surface area contributed by atoms with Crippen LogP contribution in [0.2, 0.25) is 0 Å². The Hall–Kier alpha value is -2.86. The maximum Gasteiger partial charge on any atom is 0.338 e. The van der Waals surface area contributed by atoms with Crippen molar-refractivity contribution < 1.29 is 27.5 Å². The summed E-state index contributed by atoms with van der Waals surface area (Å²) < 4.78 is 39.7.